The summed E-state index contributed by atoms with van der Waals surface area (Å²) in [5, 5.41) is 19.1. The summed E-state index contributed by atoms with van der Waals surface area (Å²) in [4.78, 5) is 11.9. The molecule has 4 N–H and O–H groups in total. The summed E-state index contributed by atoms with van der Waals surface area (Å²) in [7, 11) is 0. The molecule has 0 bridgehead atoms. The Morgan fingerprint density at radius 3 is 2.29 bits per heavy atom. The van der Waals surface area contributed by atoms with Crippen LogP contribution in [0.4, 0.5) is 4.79 Å². The first kappa shape index (κ1) is 24.7. The zero-order valence-corrected chi connectivity index (χ0v) is 18.8. The number of hydrogen-bond donors (Lipinski definition) is 4. The smallest absolute Gasteiger partial charge is 0.314 e. The van der Waals surface area contributed by atoms with E-state index >= 15 is 0 Å². The van der Waals surface area contributed by atoms with Crippen molar-refractivity contribution >= 4 is 6.03 Å². The van der Waals surface area contributed by atoms with E-state index in [4.69, 9.17) is 4.74 Å². The van der Waals surface area contributed by atoms with Crippen LogP contribution in [-0.4, -0.2) is 49.5 Å². The summed E-state index contributed by atoms with van der Waals surface area (Å²) in [6.07, 6.45) is 2.93. The minimum Gasteiger partial charge on any atom is -0.491 e. The molecule has 0 heterocycles. The molecule has 2 amide bonds. The Kier molecular flexibility index (Phi) is 11.5. The molecular formula is C25H37N3O3. The third-order valence-electron chi connectivity index (χ3n) is 4.84. The predicted molar refractivity (Wildman–Crippen MR) is 126 cm³/mol. The van der Waals surface area contributed by atoms with Gasteiger partial charge in [-0.05, 0) is 42.9 Å². The van der Waals surface area contributed by atoms with Crippen LogP contribution in [-0.2, 0) is 12.8 Å². The van der Waals surface area contributed by atoms with Gasteiger partial charge < -0.3 is 25.8 Å². The second kappa shape index (κ2) is 14.4. The Hall–Kier alpha value is -2.57. The van der Waals surface area contributed by atoms with Crippen molar-refractivity contribution in [1.29, 1.82) is 0 Å². The first-order chi connectivity index (χ1) is 15.0. The van der Waals surface area contributed by atoms with Crippen LogP contribution in [0, 0.1) is 0 Å². The van der Waals surface area contributed by atoms with Crippen molar-refractivity contribution < 1.29 is 14.6 Å². The zero-order chi connectivity index (χ0) is 22.3. The molecule has 0 saturated heterocycles. The number of aliphatic hydroxyl groups is 1. The first-order valence-electron chi connectivity index (χ1n) is 11.2. The van der Waals surface area contributed by atoms with E-state index in [1.54, 1.807) is 0 Å². The summed E-state index contributed by atoms with van der Waals surface area (Å²) >= 11 is 0. The van der Waals surface area contributed by atoms with E-state index in [1.807, 2.05) is 56.3 Å². The maximum atomic E-state index is 11.9. The van der Waals surface area contributed by atoms with Crippen LogP contribution in [0.5, 0.6) is 5.75 Å². The third kappa shape index (κ3) is 10.9. The molecule has 0 saturated carbocycles. The summed E-state index contributed by atoms with van der Waals surface area (Å²) < 4.78 is 5.82. The van der Waals surface area contributed by atoms with Crippen LogP contribution in [0.1, 0.15) is 37.8 Å². The number of aliphatic hydroxyl groups excluding tert-OH is 1. The van der Waals surface area contributed by atoms with Gasteiger partial charge in [-0.2, -0.15) is 0 Å². The van der Waals surface area contributed by atoms with Gasteiger partial charge in [-0.15, -0.1) is 0 Å². The average Bonchev–Trinajstić information content (AvgIpc) is 2.78. The molecule has 0 radical (unpaired) electrons. The van der Waals surface area contributed by atoms with Gasteiger partial charge in [0, 0.05) is 25.7 Å². The molecule has 1 atom stereocenters. The monoisotopic (exact) mass is 427 g/mol. The molecule has 170 valence electrons. The number of urea groups is 1. The van der Waals surface area contributed by atoms with Gasteiger partial charge in [-0.1, -0.05) is 62.4 Å². The zero-order valence-electron chi connectivity index (χ0n) is 18.8. The van der Waals surface area contributed by atoms with Crippen LogP contribution in [0.25, 0.3) is 0 Å². The number of carbonyl (C=O) groups excluding carboxylic acids is 1. The van der Waals surface area contributed by atoms with Crippen molar-refractivity contribution in [2.45, 2.75) is 51.7 Å². The number of benzene rings is 2. The van der Waals surface area contributed by atoms with E-state index in [0.717, 1.165) is 37.0 Å². The summed E-state index contributed by atoms with van der Waals surface area (Å²) in [6, 6.07) is 18.3. The number of rotatable bonds is 14. The molecule has 0 fully saturated rings. The van der Waals surface area contributed by atoms with Gasteiger partial charge >= 0.3 is 6.03 Å². The number of ether oxygens (including phenoxy) is 1. The van der Waals surface area contributed by atoms with Crippen molar-refractivity contribution in [3.63, 3.8) is 0 Å². The van der Waals surface area contributed by atoms with Gasteiger partial charge in [-0.25, -0.2) is 4.79 Å². The van der Waals surface area contributed by atoms with Crippen LogP contribution < -0.4 is 20.7 Å². The van der Waals surface area contributed by atoms with Crippen LogP contribution in [0.2, 0.25) is 0 Å². The van der Waals surface area contributed by atoms with Crippen LogP contribution in [0.15, 0.2) is 54.6 Å². The van der Waals surface area contributed by atoms with E-state index in [1.165, 1.54) is 5.56 Å². The number of nitrogens with one attached hydrogen (secondary N) is 3. The Balaban J connectivity index is 1.60. The number of hydrogen-bond acceptors (Lipinski definition) is 4. The second-order valence-electron chi connectivity index (χ2n) is 8.01. The maximum absolute atomic E-state index is 11.9. The van der Waals surface area contributed by atoms with Gasteiger partial charge in [-0.3, -0.25) is 0 Å². The highest BCUT2D eigenvalue weighted by Crippen LogP contribution is 2.19. The van der Waals surface area contributed by atoms with Gasteiger partial charge in [0.1, 0.15) is 18.5 Å². The SMILES string of the molecule is CC(C)NC[C@H](O)COc1ccccc1CCCNC(=O)NCCCc1ccccc1. The molecule has 0 aliphatic rings. The van der Waals surface area contributed by atoms with Crippen molar-refractivity contribution in [2.75, 3.05) is 26.2 Å². The topological polar surface area (TPSA) is 82.6 Å². The minimum atomic E-state index is -0.553. The molecule has 0 aromatic heterocycles. The Labute approximate surface area is 186 Å². The molecule has 6 nitrogen and oxygen atoms in total. The average molecular weight is 428 g/mol. The molecule has 0 aliphatic carbocycles. The van der Waals surface area contributed by atoms with Crippen LogP contribution >= 0.6 is 0 Å². The van der Waals surface area contributed by atoms with Crippen molar-refractivity contribution in [3.05, 3.63) is 65.7 Å². The van der Waals surface area contributed by atoms with E-state index < -0.39 is 6.10 Å². The summed E-state index contributed by atoms with van der Waals surface area (Å²) in [5.41, 5.74) is 2.37. The van der Waals surface area contributed by atoms with Crippen molar-refractivity contribution in [1.82, 2.24) is 16.0 Å². The fourth-order valence-electron chi connectivity index (χ4n) is 3.15. The fourth-order valence-corrected chi connectivity index (χ4v) is 3.15. The fraction of sp³-hybridized carbons (Fsp3) is 0.480. The lowest BCUT2D eigenvalue weighted by atomic mass is 10.1. The third-order valence-corrected chi connectivity index (χ3v) is 4.84. The predicted octanol–water partition coefficient (Wildman–Crippen LogP) is 3.29. The number of carbonyl (C=O) groups is 1. The Bertz CT molecular complexity index is 753. The van der Waals surface area contributed by atoms with E-state index in [0.29, 0.717) is 25.7 Å². The molecule has 31 heavy (non-hydrogen) atoms. The van der Waals surface area contributed by atoms with Gasteiger partial charge in [0.15, 0.2) is 0 Å². The highest BCUT2D eigenvalue weighted by atomic mass is 16.5. The lowest BCUT2D eigenvalue weighted by Gasteiger charge is -2.17. The van der Waals surface area contributed by atoms with E-state index in [9.17, 15) is 9.90 Å². The van der Waals surface area contributed by atoms with Crippen molar-refractivity contribution in [2.24, 2.45) is 0 Å². The number of aryl methyl sites for hydroxylation is 2. The Morgan fingerprint density at radius 2 is 1.58 bits per heavy atom. The molecule has 0 spiro atoms. The highest BCUT2D eigenvalue weighted by molar-refractivity contribution is 5.73. The van der Waals surface area contributed by atoms with Crippen molar-refractivity contribution in [3.8, 4) is 5.75 Å². The largest absolute Gasteiger partial charge is 0.491 e. The molecular weight excluding hydrogens is 390 g/mol. The summed E-state index contributed by atoms with van der Waals surface area (Å²) in [5.74, 6) is 0.788. The van der Waals surface area contributed by atoms with Gasteiger partial charge in [0.05, 0.1) is 0 Å². The summed E-state index contributed by atoms with van der Waals surface area (Å²) in [6.45, 7) is 6.10. The molecule has 0 aliphatic heterocycles. The maximum Gasteiger partial charge on any atom is 0.314 e. The molecule has 6 heteroatoms. The van der Waals surface area contributed by atoms with Gasteiger partial charge in [0.25, 0.3) is 0 Å². The van der Waals surface area contributed by atoms with Crippen LogP contribution in [0.3, 0.4) is 0 Å². The first-order valence-corrected chi connectivity index (χ1v) is 11.2. The molecule has 0 unspecified atom stereocenters. The van der Waals surface area contributed by atoms with Gasteiger partial charge in [0.2, 0.25) is 0 Å². The molecule has 2 rings (SSSR count). The number of amides is 2. The molecule has 2 aromatic carbocycles. The lowest BCUT2D eigenvalue weighted by Crippen LogP contribution is -2.36. The standard InChI is InChI=1S/C25H37N3O3/c1-20(2)28-18-23(29)19-31-24-15-7-6-13-22(24)14-9-17-27-25(30)26-16-8-12-21-10-4-3-5-11-21/h3-7,10-11,13,15,20,23,28-29H,8-9,12,14,16-19H2,1-2H3,(H2,26,27,30)/t23-/m0/s1. The highest BCUT2D eigenvalue weighted by Gasteiger charge is 2.09. The van der Waals surface area contributed by atoms with E-state index in [2.05, 4.69) is 28.1 Å². The normalized spacial score (nSPS) is 11.9. The minimum absolute atomic E-state index is 0.127. The molecule has 2 aromatic rings. The lowest BCUT2D eigenvalue weighted by molar-refractivity contribution is 0.104. The second-order valence-corrected chi connectivity index (χ2v) is 8.01. The quantitative estimate of drug-likeness (QED) is 0.349. The number of para-hydroxylation sites is 1. The van der Waals surface area contributed by atoms with E-state index in [-0.39, 0.29) is 12.6 Å². The Morgan fingerprint density at radius 1 is 0.935 bits per heavy atom.